The fourth-order valence-corrected chi connectivity index (χ4v) is 3.25. The summed E-state index contributed by atoms with van der Waals surface area (Å²) in [6.45, 7) is 2.26. The molecule has 2 aromatic rings. The maximum atomic E-state index is 12.8. The summed E-state index contributed by atoms with van der Waals surface area (Å²) in [6, 6.07) is 7.61. The monoisotopic (exact) mass is 318 g/mol. The van der Waals surface area contributed by atoms with E-state index < -0.39 is 5.41 Å². The first kappa shape index (κ1) is 15.0. The number of halogens is 1. The number of aryl methyl sites for hydroxylation is 1. The molecule has 0 radical (unpaired) electrons. The van der Waals surface area contributed by atoms with Gasteiger partial charge in [0, 0.05) is 12.1 Å². The number of hydrogen-bond acceptors (Lipinski definition) is 3. The van der Waals surface area contributed by atoms with Gasteiger partial charge in [-0.15, -0.1) is 10.2 Å². The number of carbonyl (C=O) groups excluding carboxylic acids is 1. The zero-order valence-corrected chi connectivity index (χ0v) is 13.5. The molecular weight excluding hydrogens is 300 g/mol. The van der Waals surface area contributed by atoms with Crippen LogP contribution >= 0.6 is 11.6 Å². The third-order valence-corrected chi connectivity index (χ3v) is 4.95. The number of benzene rings is 1. The summed E-state index contributed by atoms with van der Waals surface area (Å²) in [6.07, 6.45) is 2.71. The lowest BCUT2D eigenvalue weighted by Gasteiger charge is -2.41. The number of hydrogen-bond donors (Lipinski definition) is 1. The Labute approximate surface area is 134 Å². The number of aromatic nitrogens is 3. The summed E-state index contributed by atoms with van der Waals surface area (Å²) in [7, 11) is 1.89. The third kappa shape index (κ3) is 2.39. The molecule has 0 saturated heterocycles. The van der Waals surface area contributed by atoms with E-state index in [1.165, 1.54) is 0 Å². The summed E-state index contributed by atoms with van der Waals surface area (Å²) >= 11 is 6.30. The van der Waals surface area contributed by atoms with Crippen molar-refractivity contribution in [3.8, 4) is 0 Å². The molecule has 1 N–H and O–H groups in total. The second-order valence-corrected chi connectivity index (χ2v) is 6.23. The van der Waals surface area contributed by atoms with Crippen LogP contribution in [-0.4, -0.2) is 20.7 Å². The summed E-state index contributed by atoms with van der Waals surface area (Å²) < 4.78 is 1.88. The Balaban J connectivity index is 1.78. The molecule has 0 aliphatic heterocycles. The molecule has 1 aliphatic rings. The molecule has 1 aromatic carbocycles. The number of carbonyl (C=O) groups is 1. The van der Waals surface area contributed by atoms with Gasteiger partial charge in [-0.1, -0.05) is 36.2 Å². The molecule has 0 bridgehead atoms. The van der Waals surface area contributed by atoms with Crippen LogP contribution in [0.25, 0.3) is 0 Å². The van der Waals surface area contributed by atoms with E-state index in [0.717, 1.165) is 36.5 Å². The number of nitrogens with zero attached hydrogens (tertiary/aromatic N) is 3. The van der Waals surface area contributed by atoms with Gasteiger partial charge in [-0.3, -0.25) is 4.79 Å². The Morgan fingerprint density at radius 1 is 1.36 bits per heavy atom. The second-order valence-electron chi connectivity index (χ2n) is 5.82. The van der Waals surface area contributed by atoms with Crippen LogP contribution in [0.15, 0.2) is 24.3 Å². The van der Waals surface area contributed by atoms with Crippen molar-refractivity contribution in [2.24, 2.45) is 7.05 Å². The van der Waals surface area contributed by atoms with Crippen molar-refractivity contribution in [3.63, 3.8) is 0 Å². The van der Waals surface area contributed by atoms with Gasteiger partial charge in [-0.2, -0.15) is 0 Å². The Kier molecular flexibility index (Phi) is 3.91. The third-order valence-electron chi connectivity index (χ3n) is 4.62. The summed E-state index contributed by atoms with van der Waals surface area (Å²) in [5.41, 5.74) is 0.431. The molecule has 3 rings (SSSR count). The molecule has 116 valence electrons. The van der Waals surface area contributed by atoms with Gasteiger partial charge in [0.25, 0.3) is 0 Å². The molecule has 1 aliphatic carbocycles. The van der Waals surface area contributed by atoms with E-state index >= 15 is 0 Å². The van der Waals surface area contributed by atoms with Crippen LogP contribution in [0.1, 0.15) is 36.5 Å². The van der Waals surface area contributed by atoms with Gasteiger partial charge in [-0.05, 0) is 31.4 Å². The zero-order chi connectivity index (χ0) is 15.7. The first-order valence-electron chi connectivity index (χ1n) is 7.43. The van der Waals surface area contributed by atoms with E-state index in [2.05, 4.69) is 15.5 Å². The maximum absolute atomic E-state index is 12.8. The van der Waals surface area contributed by atoms with Crippen molar-refractivity contribution in [1.29, 1.82) is 0 Å². The highest BCUT2D eigenvalue weighted by atomic mass is 35.5. The fourth-order valence-electron chi connectivity index (χ4n) is 2.93. The first-order chi connectivity index (χ1) is 10.5. The average molecular weight is 319 g/mol. The molecule has 22 heavy (non-hydrogen) atoms. The van der Waals surface area contributed by atoms with Crippen molar-refractivity contribution in [1.82, 2.24) is 20.1 Å². The van der Waals surface area contributed by atoms with Crippen LogP contribution in [0.2, 0.25) is 5.02 Å². The molecule has 1 heterocycles. The quantitative estimate of drug-likeness (QED) is 0.942. The van der Waals surface area contributed by atoms with Crippen molar-refractivity contribution in [3.05, 3.63) is 46.5 Å². The van der Waals surface area contributed by atoms with E-state index in [1.807, 2.05) is 42.8 Å². The molecule has 1 amide bonds. The van der Waals surface area contributed by atoms with Crippen LogP contribution < -0.4 is 5.32 Å². The highest BCUT2D eigenvalue weighted by molar-refractivity contribution is 6.31. The van der Waals surface area contributed by atoms with E-state index in [0.29, 0.717) is 11.6 Å². The van der Waals surface area contributed by atoms with Gasteiger partial charge in [-0.25, -0.2) is 0 Å². The number of amides is 1. The lowest BCUT2D eigenvalue weighted by molar-refractivity contribution is -0.130. The molecule has 1 fully saturated rings. The summed E-state index contributed by atoms with van der Waals surface area (Å²) in [4.78, 5) is 12.8. The van der Waals surface area contributed by atoms with Gasteiger partial charge in [0.05, 0.1) is 12.0 Å². The van der Waals surface area contributed by atoms with Crippen LogP contribution in [-0.2, 0) is 23.8 Å². The Morgan fingerprint density at radius 3 is 2.64 bits per heavy atom. The number of rotatable bonds is 4. The lowest BCUT2D eigenvalue weighted by Crippen LogP contribution is -2.49. The lowest BCUT2D eigenvalue weighted by atomic mass is 9.63. The van der Waals surface area contributed by atoms with Gasteiger partial charge in [0.15, 0.2) is 5.82 Å². The maximum Gasteiger partial charge on any atom is 0.231 e. The first-order valence-corrected chi connectivity index (χ1v) is 7.80. The molecule has 1 aromatic heterocycles. The molecule has 0 atom stereocenters. The summed E-state index contributed by atoms with van der Waals surface area (Å²) in [5.74, 6) is 1.60. The van der Waals surface area contributed by atoms with Gasteiger partial charge in [0.1, 0.15) is 5.82 Å². The minimum atomic E-state index is -0.494. The van der Waals surface area contributed by atoms with Gasteiger partial charge in [0.2, 0.25) is 5.91 Å². The van der Waals surface area contributed by atoms with Crippen LogP contribution in [0.3, 0.4) is 0 Å². The van der Waals surface area contributed by atoms with E-state index in [1.54, 1.807) is 0 Å². The predicted octanol–water partition coefficient (Wildman–Crippen LogP) is 2.52. The van der Waals surface area contributed by atoms with Crippen molar-refractivity contribution < 1.29 is 4.79 Å². The highest BCUT2D eigenvalue weighted by Gasteiger charge is 2.46. The van der Waals surface area contributed by atoms with Crippen LogP contribution in [0.5, 0.6) is 0 Å². The Hall–Kier alpha value is -1.88. The molecule has 1 saturated carbocycles. The predicted molar refractivity (Wildman–Crippen MR) is 84.6 cm³/mol. The second kappa shape index (κ2) is 5.72. The SMILES string of the molecule is Cc1nnc(CNC(=O)C2(c3ccccc3Cl)CCC2)n1C. The minimum Gasteiger partial charge on any atom is -0.348 e. The molecule has 0 spiro atoms. The summed E-state index contributed by atoms with van der Waals surface area (Å²) in [5, 5.41) is 11.7. The molecular formula is C16H19ClN4O. The van der Waals surface area contributed by atoms with E-state index in [-0.39, 0.29) is 5.91 Å². The van der Waals surface area contributed by atoms with Crippen LogP contribution in [0, 0.1) is 6.92 Å². The van der Waals surface area contributed by atoms with E-state index in [4.69, 9.17) is 11.6 Å². The largest absolute Gasteiger partial charge is 0.348 e. The van der Waals surface area contributed by atoms with Crippen molar-refractivity contribution in [2.45, 2.75) is 38.1 Å². The molecule has 6 heteroatoms. The van der Waals surface area contributed by atoms with Gasteiger partial charge < -0.3 is 9.88 Å². The van der Waals surface area contributed by atoms with Crippen LogP contribution in [0.4, 0.5) is 0 Å². The minimum absolute atomic E-state index is 0.0208. The van der Waals surface area contributed by atoms with Crippen molar-refractivity contribution in [2.75, 3.05) is 0 Å². The van der Waals surface area contributed by atoms with Gasteiger partial charge >= 0.3 is 0 Å². The normalized spacial score (nSPS) is 16.1. The average Bonchev–Trinajstić information content (AvgIpc) is 2.77. The fraction of sp³-hybridized carbons (Fsp3) is 0.438. The number of nitrogens with one attached hydrogen (secondary N) is 1. The Morgan fingerprint density at radius 2 is 2.09 bits per heavy atom. The van der Waals surface area contributed by atoms with E-state index in [9.17, 15) is 4.79 Å². The standard InChI is InChI=1S/C16H19ClN4O/c1-11-19-20-14(21(11)2)10-18-15(22)16(8-5-9-16)12-6-3-4-7-13(12)17/h3-4,6-7H,5,8-10H2,1-2H3,(H,18,22). The smallest absolute Gasteiger partial charge is 0.231 e. The Bertz CT molecular complexity index is 706. The topological polar surface area (TPSA) is 59.8 Å². The molecule has 5 nitrogen and oxygen atoms in total. The molecule has 0 unspecified atom stereocenters. The highest BCUT2D eigenvalue weighted by Crippen LogP contribution is 2.46. The van der Waals surface area contributed by atoms with Crippen molar-refractivity contribution >= 4 is 17.5 Å². The zero-order valence-electron chi connectivity index (χ0n) is 12.8.